The molecule has 0 radical (unpaired) electrons. The van der Waals surface area contributed by atoms with Gasteiger partial charge in [0.2, 0.25) is 0 Å². The van der Waals surface area contributed by atoms with E-state index in [2.05, 4.69) is 22.8 Å². The highest BCUT2D eigenvalue weighted by Crippen LogP contribution is 2.53. The molecule has 29 heavy (non-hydrogen) atoms. The molecule has 0 bridgehead atoms. The molecule has 5 heteroatoms. The smallest absolute Gasteiger partial charge is 0.318 e. The summed E-state index contributed by atoms with van der Waals surface area (Å²) in [5, 5.41) is 6.48. The van der Waals surface area contributed by atoms with Crippen molar-refractivity contribution in [2.45, 2.75) is 63.1 Å². The normalized spacial score (nSPS) is 29.9. The van der Waals surface area contributed by atoms with Gasteiger partial charge in [-0.2, -0.15) is 0 Å². The van der Waals surface area contributed by atoms with Crippen molar-refractivity contribution < 1.29 is 9.18 Å². The Balaban J connectivity index is 1.41. The van der Waals surface area contributed by atoms with E-state index in [4.69, 9.17) is 0 Å². The number of allylic oxidation sites excluding steroid dienone is 1. The van der Waals surface area contributed by atoms with Crippen LogP contribution in [-0.2, 0) is 0 Å². The second-order valence-corrected chi connectivity index (χ2v) is 9.29. The van der Waals surface area contributed by atoms with E-state index in [9.17, 15) is 9.18 Å². The Hall–Kier alpha value is -2.14. The van der Waals surface area contributed by atoms with Gasteiger partial charge < -0.3 is 15.5 Å². The fraction of sp³-hybridized carbons (Fsp3) is 0.542. The van der Waals surface area contributed by atoms with Gasteiger partial charge in [-0.15, -0.1) is 0 Å². The lowest BCUT2D eigenvalue weighted by Crippen LogP contribution is -2.55. The van der Waals surface area contributed by atoms with Crippen molar-refractivity contribution in [1.82, 2.24) is 15.5 Å². The van der Waals surface area contributed by atoms with Crippen molar-refractivity contribution in [3.8, 4) is 0 Å². The summed E-state index contributed by atoms with van der Waals surface area (Å²) in [7, 11) is 1.97. The van der Waals surface area contributed by atoms with Crippen molar-refractivity contribution in [2.75, 3.05) is 13.6 Å². The molecule has 1 aliphatic heterocycles. The largest absolute Gasteiger partial charge is 0.335 e. The number of nitrogens with one attached hydrogen (secondary N) is 2. The van der Waals surface area contributed by atoms with Crippen LogP contribution in [-0.4, -0.2) is 36.6 Å². The van der Waals surface area contributed by atoms with Crippen molar-refractivity contribution in [3.05, 3.63) is 58.9 Å². The fourth-order valence-electron chi connectivity index (χ4n) is 5.47. The van der Waals surface area contributed by atoms with Crippen molar-refractivity contribution >= 4 is 6.03 Å². The quantitative estimate of drug-likeness (QED) is 0.794. The summed E-state index contributed by atoms with van der Waals surface area (Å²) in [5.74, 6) is -0.241. The van der Waals surface area contributed by atoms with Gasteiger partial charge in [-0.1, -0.05) is 36.3 Å². The van der Waals surface area contributed by atoms with E-state index in [1.165, 1.54) is 42.5 Å². The van der Waals surface area contributed by atoms with E-state index < -0.39 is 0 Å². The monoisotopic (exact) mass is 395 g/mol. The zero-order chi connectivity index (χ0) is 20.0. The van der Waals surface area contributed by atoms with Crippen LogP contribution in [0.4, 0.5) is 9.18 Å². The van der Waals surface area contributed by atoms with Crippen LogP contribution in [0, 0.1) is 11.2 Å². The minimum absolute atomic E-state index is 0.00255. The number of urea groups is 1. The second kappa shape index (κ2) is 7.28. The van der Waals surface area contributed by atoms with Crippen LogP contribution in [0.3, 0.4) is 0 Å². The van der Waals surface area contributed by atoms with Crippen LogP contribution in [0.25, 0.3) is 0 Å². The van der Waals surface area contributed by atoms with Gasteiger partial charge in [0.25, 0.3) is 0 Å². The first-order valence-electron chi connectivity index (χ1n) is 11.0. The first kappa shape index (κ1) is 18.9. The third-order valence-electron chi connectivity index (χ3n) is 7.52. The second-order valence-electron chi connectivity index (χ2n) is 9.29. The molecule has 0 saturated heterocycles. The number of amides is 2. The number of halogens is 1. The first-order valence-corrected chi connectivity index (χ1v) is 11.0. The van der Waals surface area contributed by atoms with Crippen LogP contribution in [0.1, 0.15) is 56.6 Å². The van der Waals surface area contributed by atoms with Gasteiger partial charge in [0.1, 0.15) is 5.82 Å². The Morgan fingerprint density at radius 1 is 1.17 bits per heavy atom. The molecule has 0 unspecified atom stereocenters. The molecule has 1 spiro atoms. The van der Waals surface area contributed by atoms with E-state index in [-0.39, 0.29) is 23.9 Å². The van der Waals surface area contributed by atoms with Gasteiger partial charge in [0, 0.05) is 18.6 Å². The summed E-state index contributed by atoms with van der Waals surface area (Å²) in [5.41, 5.74) is 4.09. The molecular weight excluding hydrogens is 365 g/mol. The topological polar surface area (TPSA) is 44.4 Å². The van der Waals surface area contributed by atoms with Crippen LogP contribution in [0.5, 0.6) is 0 Å². The average molecular weight is 396 g/mol. The molecule has 1 heterocycles. The Bertz CT molecular complexity index is 849. The number of carbonyl (C=O) groups excluding carboxylic acids is 1. The maximum Gasteiger partial charge on any atom is 0.318 e. The summed E-state index contributed by atoms with van der Waals surface area (Å²) in [4.78, 5) is 15.2. The number of nitrogens with zero attached hydrogens (tertiary/aromatic N) is 1. The summed E-state index contributed by atoms with van der Waals surface area (Å²) >= 11 is 0. The van der Waals surface area contributed by atoms with Gasteiger partial charge in [0.15, 0.2) is 0 Å². The van der Waals surface area contributed by atoms with E-state index in [1.807, 2.05) is 24.1 Å². The van der Waals surface area contributed by atoms with E-state index in [1.54, 1.807) is 0 Å². The lowest BCUT2D eigenvalue weighted by atomic mass is 9.61. The molecule has 1 aromatic rings. The first-order chi connectivity index (χ1) is 14.1. The molecule has 0 aromatic heterocycles. The molecule has 4 nitrogen and oxygen atoms in total. The number of hydrogen-bond donors (Lipinski definition) is 2. The summed E-state index contributed by atoms with van der Waals surface area (Å²) in [6.07, 6.45) is 12.6. The predicted molar refractivity (Wildman–Crippen MR) is 112 cm³/mol. The zero-order valence-corrected chi connectivity index (χ0v) is 17.1. The van der Waals surface area contributed by atoms with Crippen molar-refractivity contribution in [1.29, 1.82) is 0 Å². The third-order valence-corrected chi connectivity index (χ3v) is 7.52. The van der Waals surface area contributed by atoms with Crippen LogP contribution < -0.4 is 10.6 Å². The Labute approximate surface area is 172 Å². The summed E-state index contributed by atoms with van der Waals surface area (Å²) in [6.45, 7) is 0.721. The Kier molecular flexibility index (Phi) is 4.73. The molecule has 2 N–H and O–H groups in total. The number of carbonyl (C=O) groups is 1. The molecule has 2 saturated carbocycles. The van der Waals surface area contributed by atoms with Gasteiger partial charge in [-0.25, -0.2) is 9.18 Å². The Morgan fingerprint density at radius 2 is 1.93 bits per heavy atom. The van der Waals surface area contributed by atoms with Crippen molar-refractivity contribution in [2.24, 2.45) is 5.41 Å². The summed E-state index contributed by atoms with van der Waals surface area (Å²) in [6, 6.07) is 7.29. The minimum Gasteiger partial charge on any atom is -0.335 e. The van der Waals surface area contributed by atoms with Gasteiger partial charge >= 0.3 is 6.03 Å². The highest BCUT2D eigenvalue weighted by Gasteiger charge is 2.42. The summed E-state index contributed by atoms with van der Waals surface area (Å²) < 4.78 is 13.6. The molecule has 2 fully saturated rings. The highest BCUT2D eigenvalue weighted by molar-refractivity contribution is 5.76. The molecule has 3 aliphatic carbocycles. The maximum absolute atomic E-state index is 13.6. The number of benzene rings is 1. The molecular formula is C24H30FN3O. The van der Waals surface area contributed by atoms with Crippen LogP contribution in [0.15, 0.2) is 47.6 Å². The zero-order valence-electron chi connectivity index (χ0n) is 17.1. The maximum atomic E-state index is 13.6. The molecule has 2 amide bonds. The minimum atomic E-state index is -0.241. The van der Waals surface area contributed by atoms with Gasteiger partial charge in [0.05, 0.1) is 6.04 Å². The molecule has 5 rings (SSSR count). The average Bonchev–Trinajstić information content (AvgIpc) is 2.68. The predicted octanol–water partition coefficient (Wildman–Crippen LogP) is 4.46. The number of hydrogen-bond acceptors (Lipinski definition) is 2. The molecule has 4 aliphatic rings. The Morgan fingerprint density at radius 3 is 2.59 bits per heavy atom. The SMILES string of the molecule is CNC1CC(NC(=O)N2CCC3=C(C=CC4(CCC4)C3)[C@@H]2c2ccc(F)cc2)C1. The van der Waals surface area contributed by atoms with E-state index >= 15 is 0 Å². The van der Waals surface area contributed by atoms with Gasteiger partial charge in [-0.3, -0.25) is 0 Å². The molecule has 154 valence electrons. The standard InChI is InChI=1S/C24H30FN3O/c1-26-19-13-20(14-19)27-23(29)28-12-8-17-15-24(9-2-10-24)11-7-21(17)22(28)16-3-5-18(25)6-4-16/h3-7,11,19-20,22,26H,2,8-10,12-15H2,1H3,(H,27,29)/t19?,20?,22-/m0/s1. The van der Waals surface area contributed by atoms with Crippen LogP contribution >= 0.6 is 0 Å². The highest BCUT2D eigenvalue weighted by atomic mass is 19.1. The third kappa shape index (κ3) is 3.39. The molecule has 1 aromatic carbocycles. The number of rotatable bonds is 3. The van der Waals surface area contributed by atoms with Gasteiger partial charge in [-0.05, 0) is 74.3 Å². The fourth-order valence-corrected chi connectivity index (χ4v) is 5.47. The lowest BCUT2D eigenvalue weighted by Gasteiger charge is -2.47. The lowest BCUT2D eigenvalue weighted by molar-refractivity contribution is 0.156. The van der Waals surface area contributed by atoms with E-state index in [0.717, 1.165) is 37.8 Å². The van der Waals surface area contributed by atoms with Crippen molar-refractivity contribution in [3.63, 3.8) is 0 Å². The van der Waals surface area contributed by atoms with E-state index in [0.29, 0.717) is 11.5 Å². The van der Waals surface area contributed by atoms with Crippen LogP contribution in [0.2, 0.25) is 0 Å². The molecule has 1 atom stereocenters.